The van der Waals surface area contributed by atoms with Crippen LogP contribution >= 0.6 is 11.6 Å². The smallest absolute Gasteiger partial charge is 0.159 e. The molecular formula is C16H17ClFN3. The van der Waals surface area contributed by atoms with Gasteiger partial charge < -0.3 is 5.32 Å². The lowest BCUT2D eigenvalue weighted by Crippen LogP contribution is -2.25. The second-order valence-corrected chi connectivity index (χ2v) is 5.63. The van der Waals surface area contributed by atoms with Crippen molar-refractivity contribution in [2.24, 2.45) is 0 Å². The average Bonchev–Trinajstić information content (AvgIpc) is 2.50. The third-order valence-corrected chi connectivity index (χ3v) is 4.12. The van der Waals surface area contributed by atoms with Gasteiger partial charge in [0.1, 0.15) is 5.82 Å². The first-order valence-electron chi connectivity index (χ1n) is 7.23. The van der Waals surface area contributed by atoms with Gasteiger partial charge in [-0.15, -0.1) is 0 Å². The van der Waals surface area contributed by atoms with Crippen molar-refractivity contribution >= 4 is 11.6 Å². The second-order valence-electron chi connectivity index (χ2n) is 5.23. The van der Waals surface area contributed by atoms with Gasteiger partial charge >= 0.3 is 0 Å². The van der Waals surface area contributed by atoms with E-state index in [1.807, 2.05) is 6.20 Å². The van der Waals surface area contributed by atoms with Crippen LogP contribution in [0.2, 0.25) is 5.02 Å². The maximum Gasteiger partial charge on any atom is 0.159 e. The number of nitrogens with zero attached hydrogens (tertiary/aromatic N) is 2. The average molecular weight is 306 g/mol. The number of aromatic nitrogens is 2. The number of nitrogens with one attached hydrogen (secondary N) is 1. The van der Waals surface area contributed by atoms with Crippen LogP contribution in [0.25, 0.3) is 11.4 Å². The van der Waals surface area contributed by atoms with E-state index in [4.69, 9.17) is 11.6 Å². The summed E-state index contributed by atoms with van der Waals surface area (Å²) < 4.78 is 13.6. The molecule has 0 saturated heterocycles. The maximum absolute atomic E-state index is 13.6. The molecule has 110 valence electrons. The van der Waals surface area contributed by atoms with Crippen molar-refractivity contribution in [1.82, 2.24) is 15.3 Å². The van der Waals surface area contributed by atoms with Crippen molar-refractivity contribution in [1.29, 1.82) is 0 Å². The van der Waals surface area contributed by atoms with Gasteiger partial charge in [0, 0.05) is 29.1 Å². The molecular weight excluding hydrogens is 289 g/mol. The summed E-state index contributed by atoms with van der Waals surface area (Å²) in [7, 11) is 0. The lowest BCUT2D eigenvalue weighted by atomic mass is 9.92. The zero-order valence-corrected chi connectivity index (χ0v) is 12.6. The molecule has 1 aliphatic carbocycles. The third kappa shape index (κ3) is 2.92. The summed E-state index contributed by atoms with van der Waals surface area (Å²) in [5, 5.41) is 3.57. The van der Waals surface area contributed by atoms with Crippen molar-refractivity contribution in [3.63, 3.8) is 0 Å². The predicted molar refractivity (Wildman–Crippen MR) is 81.8 cm³/mol. The molecule has 0 saturated carbocycles. The molecule has 1 atom stereocenters. The van der Waals surface area contributed by atoms with Crippen molar-refractivity contribution < 1.29 is 4.39 Å². The van der Waals surface area contributed by atoms with Crippen molar-refractivity contribution in [2.45, 2.75) is 32.2 Å². The van der Waals surface area contributed by atoms with Gasteiger partial charge in [0.15, 0.2) is 5.82 Å². The molecule has 1 unspecified atom stereocenters. The molecule has 1 heterocycles. The monoisotopic (exact) mass is 305 g/mol. The van der Waals surface area contributed by atoms with E-state index >= 15 is 0 Å². The highest BCUT2D eigenvalue weighted by Crippen LogP contribution is 2.30. The molecule has 1 N–H and O–H groups in total. The molecule has 0 aliphatic heterocycles. The van der Waals surface area contributed by atoms with Gasteiger partial charge in [-0.05, 0) is 44.0 Å². The minimum atomic E-state index is -0.444. The molecule has 1 aromatic carbocycles. The van der Waals surface area contributed by atoms with Crippen LogP contribution in [-0.2, 0) is 6.42 Å². The number of hydrogen-bond donors (Lipinski definition) is 1. The van der Waals surface area contributed by atoms with E-state index < -0.39 is 5.82 Å². The summed E-state index contributed by atoms with van der Waals surface area (Å²) in [6.07, 6.45) is 5.04. The van der Waals surface area contributed by atoms with Gasteiger partial charge in [-0.3, -0.25) is 0 Å². The molecule has 3 nitrogen and oxygen atoms in total. The predicted octanol–water partition coefficient (Wildman–Crippen LogP) is 3.92. The molecule has 0 fully saturated rings. The van der Waals surface area contributed by atoms with Gasteiger partial charge in [0.05, 0.1) is 5.02 Å². The van der Waals surface area contributed by atoms with Crippen LogP contribution in [0.4, 0.5) is 4.39 Å². The Morgan fingerprint density at radius 2 is 2.29 bits per heavy atom. The highest BCUT2D eigenvalue weighted by molar-refractivity contribution is 6.30. The SMILES string of the molecule is CCNC1CCCc2nc(-c3ccc(Cl)c(F)c3)ncc21. The Labute approximate surface area is 128 Å². The molecule has 5 heteroatoms. The third-order valence-electron chi connectivity index (χ3n) is 3.81. The first-order valence-corrected chi connectivity index (χ1v) is 7.61. The van der Waals surface area contributed by atoms with Crippen molar-refractivity contribution in [2.75, 3.05) is 6.54 Å². The maximum atomic E-state index is 13.6. The quantitative estimate of drug-likeness (QED) is 0.934. The van der Waals surface area contributed by atoms with Crippen LogP contribution in [-0.4, -0.2) is 16.5 Å². The Morgan fingerprint density at radius 3 is 3.05 bits per heavy atom. The van der Waals surface area contributed by atoms with Crippen LogP contribution in [0.5, 0.6) is 0 Å². The second kappa shape index (κ2) is 6.08. The summed E-state index contributed by atoms with van der Waals surface area (Å²) in [5.41, 5.74) is 2.89. The highest BCUT2D eigenvalue weighted by atomic mass is 35.5. The van der Waals surface area contributed by atoms with E-state index in [9.17, 15) is 4.39 Å². The van der Waals surface area contributed by atoms with Crippen molar-refractivity contribution in [3.8, 4) is 11.4 Å². The van der Waals surface area contributed by atoms with E-state index in [1.54, 1.807) is 6.07 Å². The lowest BCUT2D eigenvalue weighted by molar-refractivity contribution is 0.464. The Hall–Kier alpha value is -1.52. The van der Waals surface area contributed by atoms with E-state index in [0.717, 1.165) is 31.5 Å². The number of hydrogen-bond acceptors (Lipinski definition) is 3. The van der Waals surface area contributed by atoms with E-state index in [-0.39, 0.29) is 5.02 Å². The Bertz CT molecular complexity index is 660. The molecule has 0 bridgehead atoms. The summed E-state index contributed by atoms with van der Waals surface area (Å²) in [6.45, 7) is 3.02. The molecule has 0 spiro atoms. The van der Waals surface area contributed by atoms with E-state index in [2.05, 4.69) is 22.2 Å². The fraction of sp³-hybridized carbons (Fsp3) is 0.375. The van der Waals surface area contributed by atoms with Crippen LogP contribution in [0.3, 0.4) is 0 Å². The van der Waals surface area contributed by atoms with Crippen LogP contribution < -0.4 is 5.32 Å². The summed E-state index contributed by atoms with van der Waals surface area (Å²) in [5.74, 6) is 0.113. The Morgan fingerprint density at radius 1 is 1.43 bits per heavy atom. The number of halogens is 2. The lowest BCUT2D eigenvalue weighted by Gasteiger charge is -2.25. The van der Waals surface area contributed by atoms with Crippen molar-refractivity contribution in [3.05, 3.63) is 46.5 Å². The number of aryl methyl sites for hydroxylation is 1. The largest absolute Gasteiger partial charge is 0.310 e. The molecule has 2 aromatic rings. The van der Waals surface area contributed by atoms with Crippen LogP contribution in [0.15, 0.2) is 24.4 Å². The molecule has 21 heavy (non-hydrogen) atoms. The zero-order chi connectivity index (χ0) is 14.8. The zero-order valence-electron chi connectivity index (χ0n) is 11.9. The van der Waals surface area contributed by atoms with Gasteiger partial charge in [-0.1, -0.05) is 18.5 Å². The number of fused-ring (bicyclic) bond motifs is 1. The highest BCUT2D eigenvalue weighted by Gasteiger charge is 2.21. The van der Waals surface area contributed by atoms with Gasteiger partial charge in [-0.25, -0.2) is 14.4 Å². The fourth-order valence-corrected chi connectivity index (χ4v) is 2.90. The van der Waals surface area contributed by atoms with Gasteiger partial charge in [0.2, 0.25) is 0 Å². The molecule has 1 aromatic heterocycles. The molecule has 3 rings (SSSR count). The first-order chi connectivity index (χ1) is 10.2. The van der Waals surface area contributed by atoms with Gasteiger partial charge in [0.25, 0.3) is 0 Å². The molecule has 1 aliphatic rings. The summed E-state index contributed by atoms with van der Waals surface area (Å²) >= 11 is 5.71. The number of benzene rings is 1. The van der Waals surface area contributed by atoms with Crippen LogP contribution in [0, 0.1) is 5.82 Å². The summed E-state index contributed by atoms with van der Waals surface area (Å²) in [6, 6.07) is 5.00. The normalized spacial score (nSPS) is 17.6. The Balaban J connectivity index is 1.97. The van der Waals surface area contributed by atoms with E-state index in [0.29, 0.717) is 17.4 Å². The number of rotatable bonds is 3. The fourth-order valence-electron chi connectivity index (χ4n) is 2.78. The summed E-state index contributed by atoms with van der Waals surface area (Å²) in [4.78, 5) is 9.03. The minimum absolute atomic E-state index is 0.115. The minimum Gasteiger partial charge on any atom is -0.310 e. The topological polar surface area (TPSA) is 37.8 Å². The first kappa shape index (κ1) is 14.4. The van der Waals surface area contributed by atoms with Gasteiger partial charge in [-0.2, -0.15) is 0 Å². The standard InChI is InChI=1S/C16H17ClFN3/c1-2-19-14-4-3-5-15-11(14)9-20-16(21-15)10-6-7-12(17)13(18)8-10/h6-9,14,19H,2-5H2,1H3. The van der Waals surface area contributed by atoms with Crippen LogP contribution in [0.1, 0.15) is 37.1 Å². The molecule has 0 amide bonds. The van der Waals surface area contributed by atoms with E-state index in [1.165, 1.54) is 17.7 Å². The molecule has 0 radical (unpaired) electrons. The Kier molecular flexibility index (Phi) is 4.17.